The molecule has 0 aliphatic carbocycles. The van der Waals surface area contributed by atoms with E-state index in [-0.39, 0.29) is 17.9 Å². The summed E-state index contributed by atoms with van der Waals surface area (Å²) < 4.78 is 1.42. The van der Waals surface area contributed by atoms with Crippen molar-refractivity contribution in [3.8, 4) is 10.4 Å². The fourth-order valence-corrected chi connectivity index (χ4v) is 4.65. The molecule has 5 heteroatoms. The fraction of sp³-hybridized carbons (Fsp3) is 0.174. The first-order valence-corrected chi connectivity index (χ1v) is 9.92. The molecule has 0 N–H and O–H groups in total. The Morgan fingerprint density at radius 1 is 1.07 bits per heavy atom. The van der Waals surface area contributed by atoms with Crippen molar-refractivity contribution >= 4 is 27.3 Å². The van der Waals surface area contributed by atoms with Gasteiger partial charge in [0, 0.05) is 10.4 Å². The number of nitrogens with zero attached hydrogens (tertiary/aromatic N) is 2. The zero-order chi connectivity index (χ0) is 19.8. The van der Waals surface area contributed by atoms with E-state index in [2.05, 4.69) is 4.98 Å². The first-order valence-electron chi connectivity index (χ1n) is 9.10. The van der Waals surface area contributed by atoms with Gasteiger partial charge < -0.3 is 0 Å². The molecule has 2 aromatic heterocycles. The van der Waals surface area contributed by atoms with E-state index in [9.17, 15) is 9.59 Å². The van der Waals surface area contributed by atoms with E-state index in [1.807, 2.05) is 69.3 Å². The van der Waals surface area contributed by atoms with Gasteiger partial charge in [-0.3, -0.25) is 14.2 Å². The number of ketones is 1. The molecule has 2 heterocycles. The van der Waals surface area contributed by atoms with Crippen LogP contribution < -0.4 is 5.56 Å². The van der Waals surface area contributed by atoms with Gasteiger partial charge in [-0.15, -0.1) is 11.3 Å². The Bertz CT molecular complexity index is 1250. The minimum atomic E-state index is -0.168. The van der Waals surface area contributed by atoms with E-state index in [4.69, 9.17) is 0 Å². The molecule has 0 aliphatic rings. The van der Waals surface area contributed by atoms with E-state index < -0.39 is 0 Å². The summed E-state index contributed by atoms with van der Waals surface area (Å²) in [6.07, 6.45) is 1.48. The third kappa shape index (κ3) is 3.18. The molecule has 0 aliphatic heterocycles. The lowest BCUT2D eigenvalue weighted by Gasteiger charge is -2.08. The number of hydrogen-bond acceptors (Lipinski definition) is 4. The topological polar surface area (TPSA) is 52.0 Å². The lowest BCUT2D eigenvalue weighted by atomic mass is 10.0. The molecule has 4 nitrogen and oxygen atoms in total. The van der Waals surface area contributed by atoms with Gasteiger partial charge in [-0.05, 0) is 37.5 Å². The fourth-order valence-electron chi connectivity index (χ4n) is 3.50. The van der Waals surface area contributed by atoms with Crippen molar-refractivity contribution in [3.05, 3.63) is 87.5 Å². The van der Waals surface area contributed by atoms with Crippen molar-refractivity contribution in [2.24, 2.45) is 0 Å². The number of benzene rings is 2. The van der Waals surface area contributed by atoms with Gasteiger partial charge in [-0.25, -0.2) is 4.98 Å². The average molecular weight is 388 g/mol. The second kappa shape index (κ2) is 7.17. The number of aryl methyl sites for hydroxylation is 3. The van der Waals surface area contributed by atoms with Crippen molar-refractivity contribution in [1.29, 1.82) is 0 Å². The van der Waals surface area contributed by atoms with Crippen molar-refractivity contribution < 1.29 is 4.79 Å². The monoisotopic (exact) mass is 388 g/mol. The third-order valence-corrected chi connectivity index (χ3v) is 6.20. The quantitative estimate of drug-likeness (QED) is 0.466. The summed E-state index contributed by atoms with van der Waals surface area (Å²) in [6.45, 7) is 5.84. The van der Waals surface area contributed by atoms with Gasteiger partial charge in [0.1, 0.15) is 4.83 Å². The van der Waals surface area contributed by atoms with E-state index in [1.54, 1.807) is 0 Å². The van der Waals surface area contributed by atoms with Gasteiger partial charge in [-0.2, -0.15) is 0 Å². The largest absolute Gasteiger partial charge is 0.292 e. The zero-order valence-electron chi connectivity index (χ0n) is 16.0. The standard InChI is InChI=1S/C23H20N2O2S/c1-14-9-10-18(15(2)11-14)19(26)12-25-13-24-22-20(23(25)27)16(3)21(28-22)17-7-5-4-6-8-17/h4-11,13H,12H2,1-3H3. The molecule has 0 radical (unpaired) electrons. The predicted octanol–water partition coefficient (Wildman–Crippen LogP) is 4.93. The van der Waals surface area contributed by atoms with E-state index >= 15 is 0 Å². The normalized spacial score (nSPS) is 11.1. The minimum absolute atomic E-state index is 0.0123. The summed E-state index contributed by atoms with van der Waals surface area (Å²) in [7, 11) is 0. The Balaban J connectivity index is 1.75. The lowest BCUT2D eigenvalue weighted by molar-refractivity contribution is 0.0970. The first kappa shape index (κ1) is 18.3. The summed E-state index contributed by atoms with van der Waals surface area (Å²) >= 11 is 1.51. The highest BCUT2D eigenvalue weighted by atomic mass is 32.1. The van der Waals surface area contributed by atoms with Crippen LogP contribution in [-0.2, 0) is 6.54 Å². The molecule has 0 atom stereocenters. The van der Waals surface area contributed by atoms with Crippen LogP contribution in [0.1, 0.15) is 27.0 Å². The molecule has 2 aromatic carbocycles. The van der Waals surface area contributed by atoms with Gasteiger partial charge >= 0.3 is 0 Å². The Labute approximate surface area is 167 Å². The van der Waals surface area contributed by atoms with E-state index in [0.717, 1.165) is 27.1 Å². The molecule has 0 amide bonds. The molecule has 0 spiro atoms. The summed E-state index contributed by atoms with van der Waals surface area (Å²) in [5.41, 5.74) is 4.49. The number of Topliss-reactive ketones (excluding diaryl/α,β-unsaturated/α-hetero) is 1. The second-order valence-electron chi connectivity index (χ2n) is 7.02. The van der Waals surface area contributed by atoms with Crippen LogP contribution in [0.4, 0.5) is 0 Å². The highest BCUT2D eigenvalue weighted by Crippen LogP contribution is 2.35. The lowest BCUT2D eigenvalue weighted by Crippen LogP contribution is -2.25. The van der Waals surface area contributed by atoms with Crippen LogP contribution in [-0.4, -0.2) is 15.3 Å². The molecule has 4 rings (SSSR count). The van der Waals surface area contributed by atoms with Crippen LogP contribution >= 0.6 is 11.3 Å². The molecule has 140 valence electrons. The zero-order valence-corrected chi connectivity index (χ0v) is 16.8. The summed E-state index contributed by atoms with van der Waals surface area (Å²) in [5.74, 6) is -0.0862. The maximum absolute atomic E-state index is 13.1. The summed E-state index contributed by atoms with van der Waals surface area (Å²) in [4.78, 5) is 32.0. The third-order valence-electron chi connectivity index (χ3n) is 4.95. The smallest absolute Gasteiger partial charge is 0.262 e. The first-order chi connectivity index (χ1) is 13.5. The van der Waals surface area contributed by atoms with Crippen molar-refractivity contribution in [1.82, 2.24) is 9.55 Å². The second-order valence-corrected chi connectivity index (χ2v) is 8.02. The molecule has 0 bridgehead atoms. The number of carbonyl (C=O) groups excluding carboxylic acids is 1. The molecular weight excluding hydrogens is 368 g/mol. The number of thiophene rings is 1. The number of rotatable bonds is 4. The molecule has 0 unspecified atom stereocenters. The van der Waals surface area contributed by atoms with Gasteiger partial charge in [0.2, 0.25) is 0 Å². The molecule has 28 heavy (non-hydrogen) atoms. The van der Waals surface area contributed by atoms with Crippen LogP contribution in [0, 0.1) is 20.8 Å². The number of aromatic nitrogens is 2. The summed E-state index contributed by atoms with van der Waals surface area (Å²) in [6, 6.07) is 15.7. The van der Waals surface area contributed by atoms with Crippen molar-refractivity contribution in [2.75, 3.05) is 0 Å². The Kier molecular flexibility index (Phi) is 4.69. The molecule has 0 fully saturated rings. The van der Waals surface area contributed by atoms with Crippen LogP contribution in [0.2, 0.25) is 0 Å². The van der Waals surface area contributed by atoms with Crippen molar-refractivity contribution in [2.45, 2.75) is 27.3 Å². The highest BCUT2D eigenvalue weighted by molar-refractivity contribution is 7.22. The Morgan fingerprint density at radius 3 is 2.54 bits per heavy atom. The molecule has 0 saturated heterocycles. The van der Waals surface area contributed by atoms with Crippen LogP contribution in [0.15, 0.2) is 59.7 Å². The average Bonchev–Trinajstić information content (AvgIpc) is 3.02. The van der Waals surface area contributed by atoms with Crippen LogP contribution in [0.3, 0.4) is 0 Å². The maximum atomic E-state index is 13.1. The van der Waals surface area contributed by atoms with E-state index in [1.165, 1.54) is 22.2 Å². The molecule has 0 saturated carbocycles. The van der Waals surface area contributed by atoms with Crippen molar-refractivity contribution in [3.63, 3.8) is 0 Å². The highest BCUT2D eigenvalue weighted by Gasteiger charge is 2.17. The van der Waals surface area contributed by atoms with Crippen LogP contribution in [0.25, 0.3) is 20.7 Å². The molecular formula is C23H20N2O2S. The number of carbonyl (C=O) groups is 1. The number of hydrogen-bond donors (Lipinski definition) is 0. The predicted molar refractivity (Wildman–Crippen MR) is 114 cm³/mol. The van der Waals surface area contributed by atoms with Gasteiger partial charge in [0.05, 0.1) is 18.3 Å². The molecule has 4 aromatic rings. The summed E-state index contributed by atoms with van der Waals surface area (Å²) in [5, 5.41) is 0.597. The minimum Gasteiger partial charge on any atom is -0.292 e. The van der Waals surface area contributed by atoms with Gasteiger partial charge in [0.15, 0.2) is 5.78 Å². The Morgan fingerprint density at radius 2 is 1.82 bits per heavy atom. The van der Waals surface area contributed by atoms with Gasteiger partial charge in [-0.1, -0.05) is 54.1 Å². The maximum Gasteiger partial charge on any atom is 0.262 e. The SMILES string of the molecule is Cc1ccc(C(=O)Cn2cnc3sc(-c4ccccc4)c(C)c3c2=O)c(C)c1. The Hall–Kier alpha value is -3.05. The van der Waals surface area contributed by atoms with E-state index in [0.29, 0.717) is 15.8 Å². The number of fused-ring (bicyclic) bond motifs is 1. The van der Waals surface area contributed by atoms with Gasteiger partial charge in [0.25, 0.3) is 5.56 Å². The van der Waals surface area contributed by atoms with Crippen LogP contribution in [0.5, 0.6) is 0 Å².